The van der Waals surface area contributed by atoms with E-state index < -0.39 is 5.56 Å². The van der Waals surface area contributed by atoms with Crippen molar-refractivity contribution in [2.45, 2.75) is 18.9 Å². The number of ether oxygens (including phenoxy) is 1. The number of nitrogens with two attached hydrogens (primary N) is 1. The second kappa shape index (κ2) is 7.12. The summed E-state index contributed by atoms with van der Waals surface area (Å²) in [5, 5.41) is 9.64. The van der Waals surface area contributed by atoms with Crippen molar-refractivity contribution >= 4 is 23.1 Å². The molecule has 1 saturated carbocycles. The minimum absolute atomic E-state index is 0.00232. The summed E-state index contributed by atoms with van der Waals surface area (Å²) in [6, 6.07) is -0.0912. The molecule has 3 heterocycles. The Hall–Kier alpha value is -3.14. The zero-order chi connectivity index (χ0) is 19.8. The Morgan fingerprint density at radius 2 is 2.32 bits per heavy atom. The number of carbonyl (C=O) groups excluding carboxylic acids is 1. The predicted molar refractivity (Wildman–Crippen MR) is 101 cm³/mol. The standard InChI is InChI=1S/C18H22N6O4/c1-23-4-2-3-10(6-23)17(27)28-8-12-11(7-25)5-13(12)24-9-20-14-15(24)21-18(19)22-16(14)26/h2,4,6,9,11-13,25H,3,5,7-8H2,1H3,(H3,19,21,22,26)/t11-,12-,13-/m1/s1. The molecule has 2 aromatic heterocycles. The minimum atomic E-state index is -0.399. The Labute approximate surface area is 160 Å². The number of anilines is 1. The fourth-order valence-corrected chi connectivity index (χ4v) is 3.83. The number of aromatic nitrogens is 4. The van der Waals surface area contributed by atoms with Crippen molar-refractivity contribution in [2.24, 2.45) is 11.8 Å². The van der Waals surface area contributed by atoms with E-state index >= 15 is 0 Å². The van der Waals surface area contributed by atoms with Crippen molar-refractivity contribution in [3.63, 3.8) is 0 Å². The number of imidazole rings is 1. The summed E-state index contributed by atoms with van der Waals surface area (Å²) in [4.78, 5) is 36.9. The number of nitrogen functional groups attached to an aromatic ring is 1. The molecular formula is C18H22N6O4. The number of carbonyl (C=O) groups is 1. The quantitative estimate of drug-likeness (QED) is 0.617. The van der Waals surface area contributed by atoms with Crippen molar-refractivity contribution in [2.75, 3.05) is 26.0 Å². The second-order valence-electron chi connectivity index (χ2n) is 7.19. The topological polar surface area (TPSA) is 139 Å². The number of nitrogens with zero attached hydrogens (tertiary/aromatic N) is 4. The van der Waals surface area contributed by atoms with E-state index in [1.807, 2.05) is 19.3 Å². The molecular weight excluding hydrogens is 364 g/mol. The molecule has 0 unspecified atom stereocenters. The van der Waals surface area contributed by atoms with Gasteiger partial charge in [-0.05, 0) is 18.5 Å². The third kappa shape index (κ3) is 3.15. The number of nitrogens with one attached hydrogen (secondary N) is 1. The van der Waals surface area contributed by atoms with Crippen LogP contribution in [0.4, 0.5) is 5.95 Å². The number of hydrogen-bond donors (Lipinski definition) is 3. The molecule has 0 aromatic carbocycles. The highest BCUT2D eigenvalue weighted by Gasteiger charge is 2.43. The van der Waals surface area contributed by atoms with Gasteiger partial charge in [0.1, 0.15) is 0 Å². The molecule has 4 N–H and O–H groups in total. The first-order valence-electron chi connectivity index (χ1n) is 9.07. The monoisotopic (exact) mass is 386 g/mol. The number of rotatable bonds is 5. The molecule has 1 aliphatic carbocycles. The zero-order valence-electron chi connectivity index (χ0n) is 15.4. The number of aliphatic hydroxyl groups excluding tert-OH is 1. The molecule has 0 radical (unpaired) electrons. The molecule has 2 aromatic rings. The first kappa shape index (κ1) is 18.2. The van der Waals surface area contributed by atoms with Gasteiger partial charge in [-0.1, -0.05) is 6.08 Å². The largest absolute Gasteiger partial charge is 0.462 e. The molecule has 28 heavy (non-hydrogen) atoms. The van der Waals surface area contributed by atoms with Crippen molar-refractivity contribution in [3.8, 4) is 0 Å². The Morgan fingerprint density at radius 1 is 1.50 bits per heavy atom. The Kier molecular flexibility index (Phi) is 4.63. The van der Waals surface area contributed by atoms with Gasteiger partial charge in [-0.25, -0.2) is 9.78 Å². The molecule has 1 aliphatic heterocycles. The molecule has 148 valence electrons. The smallest absolute Gasteiger partial charge is 0.335 e. The van der Waals surface area contributed by atoms with E-state index in [-0.39, 0.29) is 48.5 Å². The highest BCUT2D eigenvalue weighted by atomic mass is 16.5. The maximum Gasteiger partial charge on any atom is 0.335 e. The third-order valence-corrected chi connectivity index (χ3v) is 5.39. The van der Waals surface area contributed by atoms with Gasteiger partial charge in [0, 0.05) is 38.2 Å². The number of aliphatic hydroxyl groups is 1. The van der Waals surface area contributed by atoms with E-state index in [9.17, 15) is 14.7 Å². The van der Waals surface area contributed by atoms with Gasteiger partial charge < -0.3 is 25.0 Å². The van der Waals surface area contributed by atoms with Crippen LogP contribution in [-0.2, 0) is 9.53 Å². The van der Waals surface area contributed by atoms with E-state index in [1.54, 1.807) is 22.0 Å². The van der Waals surface area contributed by atoms with Crippen molar-refractivity contribution in [1.82, 2.24) is 24.4 Å². The van der Waals surface area contributed by atoms with Crippen LogP contribution in [0.25, 0.3) is 11.2 Å². The number of fused-ring (bicyclic) bond motifs is 1. The summed E-state index contributed by atoms with van der Waals surface area (Å²) in [7, 11) is 1.84. The fourth-order valence-electron chi connectivity index (χ4n) is 3.83. The third-order valence-electron chi connectivity index (χ3n) is 5.39. The van der Waals surface area contributed by atoms with E-state index in [0.717, 1.165) is 0 Å². The molecule has 10 heteroatoms. The van der Waals surface area contributed by atoms with Gasteiger partial charge in [-0.3, -0.25) is 9.78 Å². The maximum absolute atomic E-state index is 12.4. The summed E-state index contributed by atoms with van der Waals surface area (Å²) in [5.74, 6) is -0.460. The molecule has 0 saturated heterocycles. The highest BCUT2D eigenvalue weighted by molar-refractivity contribution is 5.88. The van der Waals surface area contributed by atoms with E-state index in [0.29, 0.717) is 24.1 Å². The van der Waals surface area contributed by atoms with Gasteiger partial charge in [-0.15, -0.1) is 0 Å². The SMILES string of the molecule is CN1C=CCC(C(=O)OC[C@@H]2[C@@H](CO)C[C@H]2n2cnc3c(=O)[nH]c(N)nc32)=C1. The molecule has 0 bridgehead atoms. The van der Waals surface area contributed by atoms with Crippen LogP contribution in [0.2, 0.25) is 0 Å². The summed E-state index contributed by atoms with van der Waals surface area (Å²) in [6.45, 7) is 0.160. The lowest BCUT2D eigenvalue weighted by molar-refractivity contribution is -0.144. The van der Waals surface area contributed by atoms with Gasteiger partial charge in [0.15, 0.2) is 11.2 Å². The zero-order valence-corrected chi connectivity index (χ0v) is 15.4. The van der Waals surface area contributed by atoms with Crippen molar-refractivity contribution in [3.05, 3.63) is 40.7 Å². The summed E-state index contributed by atoms with van der Waals surface area (Å²) in [5.41, 5.74) is 6.44. The van der Waals surface area contributed by atoms with E-state index in [4.69, 9.17) is 10.5 Å². The highest BCUT2D eigenvalue weighted by Crippen LogP contribution is 2.45. The number of hydrogen-bond acceptors (Lipinski definition) is 8. The molecule has 2 aliphatic rings. The number of aromatic amines is 1. The summed E-state index contributed by atoms with van der Waals surface area (Å²) >= 11 is 0. The van der Waals surface area contributed by atoms with Crippen LogP contribution in [0.3, 0.4) is 0 Å². The lowest BCUT2D eigenvalue weighted by atomic mass is 9.70. The average molecular weight is 386 g/mol. The molecule has 1 fully saturated rings. The fraction of sp³-hybridized carbons (Fsp3) is 0.444. The molecule has 0 spiro atoms. The Bertz CT molecular complexity index is 1020. The van der Waals surface area contributed by atoms with Crippen LogP contribution >= 0.6 is 0 Å². The van der Waals surface area contributed by atoms with Gasteiger partial charge in [0.25, 0.3) is 5.56 Å². The molecule has 4 rings (SSSR count). The van der Waals surface area contributed by atoms with Crippen LogP contribution in [0, 0.1) is 11.8 Å². The molecule has 3 atom stereocenters. The van der Waals surface area contributed by atoms with Gasteiger partial charge in [0.2, 0.25) is 5.95 Å². The summed E-state index contributed by atoms with van der Waals surface area (Å²) < 4.78 is 7.31. The molecule has 10 nitrogen and oxygen atoms in total. The normalized spacial score (nSPS) is 24.1. The van der Waals surface area contributed by atoms with Crippen LogP contribution in [0.5, 0.6) is 0 Å². The molecule has 0 amide bonds. The van der Waals surface area contributed by atoms with Crippen LogP contribution in [-0.4, -0.2) is 55.8 Å². The first-order chi connectivity index (χ1) is 13.5. The van der Waals surface area contributed by atoms with Crippen LogP contribution in [0.1, 0.15) is 18.9 Å². The van der Waals surface area contributed by atoms with Crippen molar-refractivity contribution in [1.29, 1.82) is 0 Å². The Morgan fingerprint density at radius 3 is 3.07 bits per heavy atom. The van der Waals surface area contributed by atoms with E-state index in [2.05, 4.69) is 15.0 Å². The lowest BCUT2D eigenvalue weighted by Crippen LogP contribution is -2.43. The number of allylic oxidation sites excluding steroid dienone is 1. The number of H-pyrrole nitrogens is 1. The number of esters is 1. The van der Waals surface area contributed by atoms with Crippen LogP contribution < -0.4 is 11.3 Å². The van der Waals surface area contributed by atoms with Crippen molar-refractivity contribution < 1.29 is 14.6 Å². The summed E-state index contributed by atoms with van der Waals surface area (Å²) in [6.07, 6.45) is 8.26. The first-order valence-corrected chi connectivity index (χ1v) is 9.07. The van der Waals surface area contributed by atoms with Crippen LogP contribution in [0.15, 0.2) is 35.2 Å². The minimum Gasteiger partial charge on any atom is -0.462 e. The van der Waals surface area contributed by atoms with E-state index in [1.165, 1.54) is 0 Å². The lowest BCUT2D eigenvalue weighted by Gasteiger charge is -2.44. The average Bonchev–Trinajstić information content (AvgIpc) is 3.05. The Balaban J connectivity index is 1.52. The van der Waals surface area contributed by atoms with Gasteiger partial charge in [-0.2, -0.15) is 4.98 Å². The second-order valence-corrected chi connectivity index (χ2v) is 7.19. The van der Waals surface area contributed by atoms with Gasteiger partial charge >= 0.3 is 5.97 Å². The predicted octanol–water partition coefficient (Wildman–Crippen LogP) is 0.148. The van der Waals surface area contributed by atoms with Gasteiger partial charge in [0.05, 0.1) is 18.5 Å². The maximum atomic E-state index is 12.4.